The Labute approximate surface area is 130 Å². The van der Waals surface area contributed by atoms with Gasteiger partial charge in [0.15, 0.2) is 5.75 Å². The van der Waals surface area contributed by atoms with E-state index in [1.165, 1.54) is 5.56 Å². The van der Waals surface area contributed by atoms with Crippen LogP contribution in [-0.4, -0.2) is 24.1 Å². The number of rotatable bonds is 5. The third-order valence-corrected chi connectivity index (χ3v) is 3.66. The third kappa shape index (κ3) is 2.81. The van der Waals surface area contributed by atoms with Crippen molar-refractivity contribution in [2.45, 2.75) is 6.54 Å². The maximum atomic E-state index is 5.67. The van der Waals surface area contributed by atoms with E-state index in [9.17, 15) is 0 Å². The lowest BCUT2D eigenvalue weighted by atomic mass is 10.1. The molecule has 22 heavy (non-hydrogen) atoms. The number of methoxy groups -OCH3 is 1. The number of para-hydroxylation sites is 1. The zero-order chi connectivity index (χ0) is 15.4. The van der Waals surface area contributed by atoms with Gasteiger partial charge in [-0.3, -0.25) is 0 Å². The zero-order valence-corrected chi connectivity index (χ0v) is 12.8. The summed E-state index contributed by atoms with van der Waals surface area (Å²) in [6, 6.07) is 16.5. The van der Waals surface area contributed by atoms with E-state index in [-0.39, 0.29) is 0 Å². The van der Waals surface area contributed by atoms with Gasteiger partial charge >= 0.3 is 0 Å². The third-order valence-electron chi connectivity index (χ3n) is 3.66. The molecule has 0 spiro atoms. The summed E-state index contributed by atoms with van der Waals surface area (Å²) < 4.78 is 5.67. The number of anilines is 1. The summed E-state index contributed by atoms with van der Waals surface area (Å²) in [5.41, 5.74) is 4.28. The number of aromatic nitrogens is 2. The Balaban J connectivity index is 1.95. The number of hydrogen-bond acceptors (Lipinski definition) is 3. The summed E-state index contributed by atoms with van der Waals surface area (Å²) in [5, 5.41) is 0. The topological polar surface area (TPSA) is 41.1 Å². The summed E-state index contributed by atoms with van der Waals surface area (Å²) in [5.74, 6) is 0.852. The second-order valence-corrected chi connectivity index (χ2v) is 5.16. The van der Waals surface area contributed by atoms with Gasteiger partial charge in [0.2, 0.25) is 0 Å². The first-order chi connectivity index (χ1) is 10.8. The molecule has 0 bridgehead atoms. The second-order valence-electron chi connectivity index (χ2n) is 5.16. The van der Waals surface area contributed by atoms with Gasteiger partial charge in [0.05, 0.1) is 31.0 Å². The molecule has 0 unspecified atom stereocenters. The summed E-state index contributed by atoms with van der Waals surface area (Å²) in [4.78, 5) is 9.41. The molecule has 0 saturated carbocycles. The Morgan fingerprint density at radius 3 is 2.59 bits per heavy atom. The Kier molecular flexibility index (Phi) is 4.10. The number of benzene rings is 2. The Morgan fingerprint density at radius 1 is 1.09 bits per heavy atom. The summed E-state index contributed by atoms with van der Waals surface area (Å²) in [6.45, 7) is 0.823. The lowest BCUT2D eigenvalue weighted by molar-refractivity contribution is 0.416. The predicted molar refractivity (Wildman–Crippen MR) is 89.1 cm³/mol. The molecule has 0 amide bonds. The lowest BCUT2D eigenvalue weighted by Crippen LogP contribution is -2.17. The molecular formula is C18H19N3O. The average molecular weight is 293 g/mol. The van der Waals surface area contributed by atoms with Crippen molar-refractivity contribution in [2.24, 2.45) is 0 Å². The van der Waals surface area contributed by atoms with Crippen molar-refractivity contribution in [1.82, 2.24) is 9.97 Å². The Bertz CT molecular complexity index is 723. The van der Waals surface area contributed by atoms with Crippen LogP contribution in [0.25, 0.3) is 11.3 Å². The fourth-order valence-corrected chi connectivity index (χ4v) is 2.60. The van der Waals surface area contributed by atoms with E-state index in [1.807, 2.05) is 18.2 Å². The molecule has 112 valence electrons. The molecule has 0 fully saturated rings. The average Bonchev–Trinajstić information content (AvgIpc) is 3.09. The van der Waals surface area contributed by atoms with Crippen LogP contribution in [0.4, 0.5) is 5.69 Å². The molecule has 0 aliphatic rings. The highest BCUT2D eigenvalue weighted by molar-refractivity contribution is 5.76. The van der Waals surface area contributed by atoms with Gasteiger partial charge in [-0.25, -0.2) is 4.98 Å². The molecule has 0 aliphatic carbocycles. The fraction of sp³-hybridized carbons (Fsp3) is 0.167. The first kappa shape index (κ1) is 14.2. The van der Waals surface area contributed by atoms with Gasteiger partial charge in [-0.1, -0.05) is 36.4 Å². The second kappa shape index (κ2) is 6.35. The number of ether oxygens (including phenoxy) is 1. The van der Waals surface area contributed by atoms with E-state index >= 15 is 0 Å². The normalized spacial score (nSPS) is 10.5. The maximum absolute atomic E-state index is 5.67. The van der Waals surface area contributed by atoms with E-state index < -0.39 is 0 Å². The smallest absolute Gasteiger partial charge is 0.151 e. The van der Waals surface area contributed by atoms with Gasteiger partial charge in [-0.2, -0.15) is 0 Å². The number of H-pyrrole nitrogens is 1. The quantitative estimate of drug-likeness (QED) is 0.779. The van der Waals surface area contributed by atoms with E-state index in [2.05, 4.69) is 52.2 Å². The van der Waals surface area contributed by atoms with Gasteiger partial charge in [-0.05, 0) is 17.7 Å². The first-order valence-corrected chi connectivity index (χ1v) is 7.20. The molecule has 1 N–H and O–H groups in total. The van der Waals surface area contributed by atoms with Crippen LogP contribution in [0.2, 0.25) is 0 Å². The minimum Gasteiger partial charge on any atom is -0.494 e. The fourth-order valence-electron chi connectivity index (χ4n) is 2.60. The zero-order valence-electron chi connectivity index (χ0n) is 12.8. The SMILES string of the molecule is COc1c(-c2cnc[nH]2)cccc1N(C)Cc1ccccc1. The summed E-state index contributed by atoms with van der Waals surface area (Å²) in [7, 11) is 3.77. The number of nitrogens with zero attached hydrogens (tertiary/aromatic N) is 2. The molecule has 4 heteroatoms. The molecule has 4 nitrogen and oxygen atoms in total. The van der Waals surface area contributed by atoms with E-state index in [4.69, 9.17) is 4.74 Å². The molecule has 0 aliphatic heterocycles. The largest absolute Gasteiger partial charge is 0.494 e. The number of hydrogen-bond donors (Lipinski definition) is 1. The molecule has 0 radical (unpaired) electrons. The van der Waals surface area contributed by atoms with Crippen LogP contribution in [0.3, 0.4) is 0 Å². The van der Waals surface area contributed by atoms with E-state index in [0.717, 1.165) is 29.2 Å². The van der Waals surface area contributed by atoms with Crippen LogP contribution < -0.4 is 9.64 Å². The van der Waals surface area contributed by atoms with Gasteiger partial charge < -0.3 is 14.6 Å². The van der Waals surface area contributed by atoms with Gasteiger partial charge in [-0.15, -0.1) is 0 Å². The molecule has 1 aromatic heterocycles. The van der Waals surface area contributed by atoms with Crippen molar-refractivity contribution in [3.63, 3.8) is 0 Å². The lowest BCUT2D eigenvalue weighted by Gasteiger charge is -2.23. The highest BCUT2D eigenvalue weighted by Gasteiger charge is 2.14. The van der Waals surface area contributed by atoms with Crippen molar-refractivity contribution >= 4 is 5.69 Å². The number of imidazole rings is 1. The molecule has 3 aromatic rings. The van der Waals surface area contributed by atoms with E-state index in [0.29, 0.717) is 0 Å². The number of aromatic amines is 1. The Morgan fingerprint density at radius 2 is 1.91 bits per heavy atom. The predicted octanol–water partition coefficient (Wildman–Crippen LogP) is 3.72. The van der Waals surface area contributed by atoms with Crippen molar-refractivity contribution < 1.29 is 4.74 Å². The molecular weight excluding hydrogens is 274 g/mol. The number of nitrogens with one attached hydrogen (secondary N) is 1. The molecule has 1 heterocycles. The van der Waals surface area contributed by atoms with E-state index in [1.54, 1.807) is 19.6 Å². The van der Waals surface area contributed by atoms with Crippen LogP contribution in [-0.2, 0) is 6.54 Å². The van der Waals surface area contributed by atoms with Crippen LogP contribution in [0, 0.1) is 0 Å². The van der Waals surface area contributed by atoms with Gasteiger partial charge in [0.1, 0.15) is 0 Å². The minimum atomic E-state index is 0.823. The monoisotopic (exact) mass is 293 g/mol. The van der Waals surface area contributed by atoms with Crippen molar-refractivity contribution in [3.05, 3.63) is 66.6 Å². The highest BCUT2D eigenvalue weighted by Crippen LogP contribution is 2.37. The minimum absolute atomic E-state index is 0.823. The van der Waals surface area contributed by atoms with Crippen molar-refractivity contribution in [2.75, 3.05) is 19.1 Å². The molecule has 0 atom stereocenters. The van der Waals surface area contributed by atoms with Crippen LogP contribution >= 0.6 is 0 Å². The standard InChI is InChI=1S/C18H19N3O/c1-21(12-14-7-4-3-5-8-14)17-10-6-9-15(18(17)22-2)16-11-19-13-20-16/h3-11,13H,12H2,1-2H3,(H,19,20). The van der Waals surface area contributed by atoms with Gasteiger partial charge in [0.25, 0.3) is 0 Å². The van der Waals surface area contributed by atoms with Crippen LogP contribution in [0.1, 0.15) is 5.56 Å². The van der Waals surface area contributed by atoms with Crippen molar-refractivity contribution in [3.8, 4) is 17.0 Å². The summed E-state index contributed by atoms with van der Waals surface area (Å²) >= 11 is 0. The molecule has 0 saturated heterocycles. The van der Waals surface area contributed by atoms with Crippen LogP contribution in [0.15, 0.2) is 61.1 Å². The summed E-state index contributed by atoms with van der Waals surface area (Å²) in [6.07, 6.45) is 3.48. The van der Waals surface area contributed by atoms with Gasteiger partial charge in [0, 0.05) is 19.2 Å². The van der Waals surface area contributed by atoms with Crippen LogP contribution in [0.5, 0.6) is 5.75 Å². The first-order valence-electron chi connectivity index (χ1n) is 7.20. The highest BCUT2D eigenvalue weighted by atomic mass is 16.5. The molecule has 2 aromatic carbocycles. The molecule has 3 rings (SSSR count). The Hall–Kier alpha value is -2.75. The maximum Gasteiger partial charge on any atom is 0.151 e. The van der Waals surface area contributed by atoms with Crippen molar-refractivity contribution in [1.29, 1.82) is 0 Å².